The molecule has 1 saturated carbocycles. The number of methoxy groups -OCH3 is 1. The van der Waals surface area contributed by atoms with Crippen molar-refractivity contribution in [1.82, 2.24) is 10.3 Å². The van der Waals surface area contributed by atoms with E-state index in [0.717, 1.165) is 29.7 Å². The number of nitrogens with one attached hydrogen (secondary N) is 1. The molecule has 7 nitrogen and oxygen atoms in total. The van der Waals surface area contributed by atoms with Gasteiger partial charge in [0, 0.05) is 36.7 Å². The Morgan fingerprint density at radius 1 is 1.23 bits per heavy atom. The summed E-state index contributed by atoms with van der Waals surface area (Å²) in [6.07, 6.45) is 3.37. The number of rotatable bonds is 5. The van der Waals surface area contributed by atoms with Crippen molar-refractivity contribution in [1.29, 1.82) is 0 Å². The molecule has 1 fully saturated rings. The largest absolute Gasteiger partial charge is 0.481 e. The van der Waals surface area contributed by atoms with Crippen molar-refractivity contribution in [2.45, 2.75) is 45.4 Å². The third-order valence-corrected chi connectivity index (χ3v) is 5.98. The summed E-state index contributed by atoms with van der Waals surface area (Å²) < 4.78 is 10.7. The fourth-order valence-electron chi connectivity index (χ4n) is 4.43. The van der Waals surface area contributed by atoms with Crippen LogP contribution in [-0.2, 0) is 16.1 Å². The minimum absolute atomic E-state index is 0.0153. The van der Waals surface area contributed by atoms with Gasteiger partial charge in [0.2, 0.25) is 11.8 Å². The lowest BCUT2D eigenvalue weighted by Gasteiger charge is -2.45. The van der Waals surface area contributed by atoms with E-state index in [2.05, 4.69) is 17.2 Å². The van der Waals surface area contributed by atoms with Crippen LogP contribution in [0.2, 0.25) is 0 Å². The van der Waals surface area contributed by atoms with E-state index in [1.165, 1.54) is 0 Å². The zero-order valence-corrected chi connectivity index (χ0v) is 17.5. The average Bonchev–Trinajstić information content (AvgIpc) is 3.59. The fraction of sp³-hybridized carbons (Fsp3) is 0.435. The summed E-state index contributed by atoms with van der Waals surface area (Å²) in [5.74, 6) is 0.877. The number of fused-ring (bicyclic) bond motifs is 1. The van der Waals surface area contributed by atoms with Gasteiger partial charge >= 0.3 is 6.09 Å². The number of nitrogens with zero attached hydrogens (tertiary/aromatic N) is 2. The second-order valence-corrected chi connectivity index (χ2v) is 8.05. The molecule has 1 aromatic heterocycles. The molecule has 0 unspecified atom stereocenters. The van der Waals surface area contributed by atoms with E-state index in [0.29, 0.717) is 11.8 Å². The molecule has 1 aromatic carbocycles. The Morgan fingerprint density at radius 3 is 2.60 bits per heavy atom. The predicted molar refractivity (Wildman–Crippen MR) is 112 cm³/mol. The molecule has 1 aliphatic heterocycles. The number of hydrogen-bond donors (Lipinski definition) is 1. The number of alkyl carbamates (subject to hydrolysis) is 1. The van der Waals surface area contributed by atoms with Gasteiger partial charge in [0.05, 0.1) is 18.8 Å². The van der Waals surface area contributed by atoms with Crippen molar-refractivity contribution in [2.75, 3.05) is 12.0 Å². The van der Waals surface area contributed by atoms with Gasteiger partial charge in [0.1, 0.15) is 6.61 Å². The van der Waals surface area contributed by atoms with E-state index < -0.39 is 6.09 Å². The zero-order valence-electron chi connectivity index (χ0n) is 17.5. The minimum Gasteiger partial charge on any atom is -0.481 e. The van der Waals surface area contributed by atoms with Gasteiger partial charge in [-0.15, -0.1) is 0 Å². The van der Waals surface area contributed by atoms with Crippen molar-refractivity contribution >= 4 is 17.7 Å². The fourth-order valence-corrected chi connectivity index (χ4v) is 4.43. The number of benzene rings is 1. The first-order valence-electron chi connectivity index (χ1n) is 10.3. The van der Waals surface area contributed by atoms with Gasteiger partial charge in [-0.2, -0.15) is 0 Å². The monoisotopic (exact) mass is 409 g/mol. The summed E-state index contributed by atoms with van der Waals surface area (Å²) in [5, 5.41) is 3.02. The van der Waals surface area contributed by atoms with Crippen LogP contribution in [-0.4, -0.2) is 30.1 Å². The van der Waals surface area contributed by atoms with Crippen molar-refractivity contribution in [2.24, 2.45) is 11.8 Å². The maximum absolute atomic E-state index is 12.6. The number of aromatic nitrogens is 1. The lowest BCUT2D eigenvalue weighted by molar-refractivity contribution is -0.117. The smallest absolute Gasteiger partial charge is 0.407 e. The third-order valence-electron chi connectivity index (χ3n) is 5.98. The molecular weight excluding hydrogens is 382 g/mol. The van der Waals surface area contributed by atoms with Crippen LogP contribution in [0.25, 0.3) is 0 Å². The first-order valence-corrected chi connectivity index (χ1v) is 10.3. The summed E-state index contributed by atoms with van der Waals surface area (Å²) in [7, 11) is 1.55. The molecule has 0 bridgehead atoms. The third kappa shape index (κ3) is 3.97. The van der Waals surface area contributed by atoms with Crippen LogP contribution in [0.3, 0.4) is 0 Å². The minimum atomic E-state index is -0.483. The van der Waals surface area contributed by atoms with Crippen molar-refractivity contribution < 1.29 is 19.1 Å². The second kappa shape index (κ2) is 8.34. The Kier molecular flexibility index (Phi) is 5.61. The van der Waals surface area contributed by atoms with Crippen molar-refractivity contribution in [3.8, 4) is 5.88 Å². The second-order valence-electron chi connectivity index (χ2n) is 8.05. The molecule has 4 rings (SSSR count). The molecule has 0 saturated heterocycles. The van der Waals surface area contributed by atoms with Crippen LogP contribution in [0, 0.1) is 11.8 Å². The molecule has 0 spiro atoms. The Labute approximate surface area is 176 Å². The average molecular weight is 409 g/mol. The Morgan fingerprint density at radius 2 is 1.97 bits per heavy atom. The molecule has 0 radical (unpaired) electrons. The molecular formula is C23H27N3O4. The highest BCUT2D eigenvalue weighted by atomic mass is 16.5. The quantitative estimate of drug-likeness (QED) is 0.812. The normalized spacial score (nSPS) is 22.8. The summed E-state index contributed by atoms with van der Waals surface area (Å²) in [4.78, 5) is 31.4. The Balaban J connectivity index is 1.60. The van der Waals surface area contributed by atoms with Gasteiger partial charge in [-0.05, 0) is 24.3 Å². The summed E-state index contributed by atoms with van der Waals surface area (Å²) >= 11 is 0. The molecule has 2 aromatic rings. The number of ether oxygens (including phenoxy) is 2. The molecule has 1 aliphatic carbocycles. The van der Waals surface area contributed by atoms with E-state index in [-0.39, 0.29) is 30.5 Å². The first-order chi connectivity index (χ1) is 14.5. The number of carbonyl (C=O) groups excluding carboxylic acids is 2. The molecule has 2 amide bonds. The van der Waals surface area contributed by atoms with Gasteiger partial charge in [-0.25, -0.2) is 9.78 Å². The van der Waals surface area contributed by atoms with Gasteiger partial charge in [0.25, 0.3) is 0 Å². The molecule has 7 heteroatoms. The Bertz CT molecular complexity index is 929. The highest BCUT2D eigenvalue weighted by Crippen LogP contribution is 2.49. The van der Waals surface area contributed by atoms with Gasteiger partial charge < -0.3 is 19.7 Å². The van der Waals surface area contributed by atoms with Crippen molar-refractivity contribution in [3.05, 3.63) is 53.7 Å². The number of hydrogen-bond acceptors (Lipinski definition) is 5. The van der Waals surface area contributed by atoms with E-state index in [4.69, 9.17) is 9.47 Å². The molecule has 158 valence electrons. The SMILES string of the molecule is COc1cc2c(cn1)[C@H](NC(=O)OCc1ccccc1)[C@@H](C)[C@H](C1CC1)N2C(C)=O. The van der Waals surface area contributed by atoms with Gasteiger partial charge in [0.15, 0.2) is 0 Å². The van der Waals surface area contributed by atoms with E-state index in [1.54, 1.807) is 26.3 Å². The van der Waals surface area contributed by atoms with Crippen LogP contribution >= 0.6 is 0 Å². The number of carbonyl (C=O) groups is 2. The number of amides is 2. The maximum Gasteiger partial charge on any atom is 0.407 e. The summed E-state index contributed by atoms with van der Waals surface area (Å²) in [5.41, 5.74) is 2.47. The standard InChI is InChI=1S/C23H27N3O4/c1-14-21(25-23(28)30-13-16-7-5-4-6-8-16)18-12-24-20(29-3)11-19(18)26(15(2)27)22(14)17-9-10-17/h4-8,11-12,14,17,21-22H,9-10,13H2,1-3H3,(H,25,28)/t14-,21-,22-/m1/s1. The van der Waals surface area contributed by atoms with Crippen LogP contribution in [0.15, 0.2) is 42.6 Å². The number of pyridine rings is 1. The number of anilines is 1. The van der Waals surface area contributed by atoms with Crippen molar-refractivity contribution in [3.63, 3.8) is 0 Å². The zero-order chi connectivity index (χ0) is 21.3. The topological polar surface area (TPSA) is 80.8 Å². The van der Waals surface area contributed by atoms with E-state index in [9.17, 15) is 9.59 Å². The lowest BCUT2D eigenvalue weighted by atomic mass is 9.80. The highest BCUT2D eigenvalue weighted by Gasteiger charge is 2.48. The molecule has 2 aliphatic rings. The first kappa shape index (κ1) is 20.2. The molecule has 30 heavy (non-hydrogen) atoms. The van der Waals surface area contributed by atoms with Gasteiger partial charge in [-0.1, -0.05) is 37.3 Å². The van der Waals surface area contributed by atoms with E-state index >= 15 is 0 Å². The van der Waals surface area contributed by atoms with Crippen LogP contribution < -0.4 is 15.0 Å². The maximum atomic E-state index is 12.6. The van der Waals surface area contributed by atoms with Crippen LogP contribution in [0.5, 0.6) is 5.88 Å². The highest BCUT2D eigenvalue weighted by molar-refractivity contribution is 5.94. The van der Waals surface area contributed by atoms with Crippen LogP contribution in [0.1, 0.15) is 43.9 Å². The van der Waals surface area contributed by atoms with Crippen LogP contribution in [0.4, 0.5) is 10.5 Å². The molecule has 2 heterocycles. The summed E-state index contributed by atoms with van der Waals surface area (Å²) in [6, 6.07) is 11.1. The van der Waals surface area contributed by atoms with E-state index in [1.807, 2.05) is 35.2 Å². The lowest BCUT2D eigenvalue weighted by Crippen LogP contribution is -2.53. The van der Waals surface area contributed by atoms with Gasteiger partial charge in [-0.3, -0.25) is 4.79 Å². The Hall–Kier alpha value is -3.09. The molecule has 1 N–H and O–H groups in total. The predicted octanol–water partition coefficient (Wildman–Crippen LogP) is 3.84. The molecule has 3 atom stereocenters. The summed E-state index contributed by atoms with van der Waals surface area (Å²) in [6.45, 7) is 3.86.